The number of rotatable bonds is 2. The fraction of sp³-hybridized carbons (Fsp3) is 0.417. The lowest BCUT2D eigenvalue weighted by molar-refractivity contribution is 0.0977. The minimum Gasteiger partial charge on any atom is -0.382 e. The Bertz CT molecular complexity index is 1270. The third-order valence-corrected chi connectivity index (χ3v) is 7.94. The van der Waals surface area contributed by atoms with Crippen molar-refractivity contribution in [2.45, 2.75) is 38.3 Å². The second-order valence-corrected chi connectivity index (χ2v) is 9.86. The fourth-order valence-electron chi connectivity index (χ4n) is 5.80. The lowest BCUT2D eigenvalue weighted by Gasteiger charge is -2.42. The van der Waals surface area contributed by atoms with Crippen molar-refractivity contribution in [1.29, 1.82) is 0 Å². The van der Waals surface area contributed by atoms with E-state index in [2.05, 4.69) is 44.2 Å². The van der Waals surface area contributed by atoms with Gasteiger partial charge in [0.15, 0.2) is 22.5 Å². The largest absolute Gasteiger partial charge is 0.382 e. The Morgan fingerprint density at radius 1 is 1.09 bits per heavy atom. The molecule has 1 saturated heterocycles. The van der Waals surface area contributed by atoms with Crippen molar-refractivity contribution < 1.29 is 4.79 Å². The predicted molar refractivity (Wildman–Crippen MR) is 131 cm³/mol. The normalized spacial score (nSPS) is 20.9. The third-order valence-electron chi connectivity index (χ3n) is 7.68. The number of fused-ring (bicyclic) bond motifs is 2. The van der Waals surface area contributed by atoms with Gasteiger partial charge in [0.2, 0.25) is 0 Å². The highest BCUT2D eigenvalue weighted by Gasteiger charge is 2.46. The first-order valence-corrected chi connectivity index (χ1v) is 12.1. The molecule has 1 atom stereocenters. The van der Waals surface area contributed by atoms with Crippen LogP contribution in [0.5, 0.6) is 0 Å². The molecule has 3 aromatic rings. The number of halogens is 1. The average molecular weight is 479 g/mol. The molecule has 10 heteroatoms. The van der Waals surface area contributed by atoms with E-state index in [0.717, 1.165) is 51.1 Å². The summed E-state index contributed by atoms with van der Waals surface area (Å²) in [4.78, 5) is 25.9. The van der Waals surface area contributed by atoms with E-state index in [0.29, 0.717) is 12.4 Å². The predicted octanol–water partition coefficient (Wildman–Crippen LogP) is 2.80. The number of nitrogens with zero attached hydrogens (tertiary/aromatic N) is 6. The Balaban J connectivity index is 1.21. The quantitative estimate of drug-likeness (QED) is 0.581. The number of hydrogen-bond acceptors (Lipinski definition) is 7. The minimum atomic E-state index is -0.313. The van der Waals surface area contributed by atoms with Crippen molar-refractivity contribution in [3.8, 4) is 0 Å². The molecule has 1 amide bonds. The molecule has 9 nitrogen and oxygen atoms in total. The first-order chi connectivity index (χ1) is 16.5. The molecule has 1 fully saturated rings. The van der Waals surface area contributed by atoms with Gasteiger partial charge in [-0.05, 0) is 42.2 Å². The summed E-state index contributed by atoms with van der Waals surface area (Å²) in [7, 11) is 0. The number of piperidine rings is 1. The molecule has 0 radical (unpaired) electrons. The van der Waals surface area contributed by atoms with Crippen LogP contribution in [-0.2, 0) is 13.0 Å². The Morgan fingerprint density at radius 2 is 1.88 bits per heavy atom. The molecule has 4 N–H and O–H groups in total. The van der Waals surface area contributed by atoms with Crippen LogP contribution in [-0.4, -0.2) is 45.3 Å². The average Bonchev–Trinajstić information content (AvgIpc) is 3.44. The molecule has 2 aliphatic heterocycles. The maximum absolute atomic E-state index is 13.3. The van der Waals surface area contributed by atoms with E-state index < -0.39 is 0 Å². The van der Waals surface area contributed by atoms with E-state index in [9.17, 15) is 4.79 Å². The van der Waals surface area contributed by atoms with Crippen molar-refractivity contribution >= 4 is 35.0 Å². The molecule has 176 valence electrons. The maximum Gasteiger partial charge on any atom is 0.281 e. The van der Waals surface area contributed by atoms with E-state index in [-0.39, 0.29) is 34.0 Å². The van der Waals surface area contributed by atoms with Crippen molar-refractivity contribution in [3.63, 3.8) is 0 Å². The monoisotopic (exact) mass is 478 g/mol. The van der Waals surface area contributed by atoms with Gasteiger partial charge in [-0.25, -0.2) is 14.6 Å². The molecule has 0 saturated carbocycles. The van der Waals surface area contributed by atoms with Gasteiger partial charge in [-0.2, -0.15) is 5.10 Å². The number of anilines is 3. The van der Waals surface area contributed by atoms with Crippen molar-refractivity contribution in [3.05, 3.63) is 58.5 Å². The summed E-state index contributed by atoms with van der Waals surface area (Å²) in [6.07, 6.45) is 5.35. The Morgan fingerprint density at radius 3 is 2.68 bits per heavy atom. The Hall–Kier alpha value is -3.17. The topological polar surface area (TPSA) is 119 Å². The molecule has 34 heavy (non-hydrogen) atoms. The summed E-state index contributed by atoms with van der Waals surface area (Å²) in [5, 5.41) is 4.45. The van der Waals surface area contributed by atoms with Gasteiger partial charge in [0.1, 0.15) is 5.82 Å². The number of nitrogens with two attached hydrogens (primary N) is 2. The third kappa shape index (κ3) is 3.25. The molecule has 6 rings (SSSR count). The molecule has 0 bridgehead atoms. The van der Waals surface area contributed by atoms with Gasteiger partial charge in [-0.1, -0.05) is 35.9 Å². The number of aryl methyl sites for hydroxylation is 1. The van der Waals surface area contributed by atoms with Crippen molar-refractivity contribution in [2.24, 2.45) is 11.1 Å². The lowest BCUT2D eigenvalue weighted by atomic mass is 9.73. The van der Waals surface area contributed by atoms with Gasteiger partial charge in [0.25, 0.3) is 5.91 Å². The SMILES string of the molecule is Nc1nc(N2CCC3(CC2)Cc2ccccc2C3N)c(Cl)nc1C(=O)N1CCCn2nccc21. The van der Waals surface area contributed by atoms with Gasteiger partial charge in [0.05, 0.1) is 6.20 Å². The highest BCUT2D eigenvalue weighted by atomic mass is 35.5. The lowest BCUT2D eigenvalue weighted by Crippen LogP contribution is -2.45. The van der Waals surface area contributed by atoms with Crippen LogP contribution in [0.3, 0.4) is 0 Å². The zero-order valence-corrected chi connectivity index (χ0v) is 19.6. The Labute approximate surface area is 202 Å². The highest BCUT2D eigenvalue weighted by Crippen LogP contribution is 2.51. The van der Waals surface area contributed by atoms with Crippen molar-refractivity contribution in [2.75, 3.05) is 35.2 Å². The van der Waals surface area contributed by atoms with Gasteiger partial charge < -0.3 is 16.4 Å². The number of benzene rings is 1. The van der Waals surface area contributed by atoms with Crippen LogP contribution in [0.1, 0.15) is 46.9 Å². The smallest absolute Gasteiger partial charge is 0.281 e. The number of carbonyl (C=O) groups excluding carboxylic acids is 1. The van der Waals surface area contributed by atoms with Crippen LogP contribution in [0, 0.1) is 5.41 Å². The summed E-state index contributed by atoms with van der Waals surface area (Å²) in [6, 6.07) is 10.3. The fourth-order valence-corrected chi connectivity index (χ4v) is 6.05. The van der Waals surface area contributed by atoms with E-state index >= 15 is 0 Å². The molecular weight excluding hydrogens is 452 g/mol. The van der Waals surface area contributed by atoms with Crippen LogP contribution in [0.25, 0.3) is 0 Å². The minimum absolute atomic E-state index is 0.0375. The molecule has 1 aliphatic carbocycles. The summed E-state index contributed by atoms with van der Waals surface area (Å²) in [5.41, 5.74) is 15.7. The van der Waals surface area contributed by atoms with Crippen molar-refractivity contribution in [1.82, 2.24) is 19.7 Å². The summed E-state index contributed by atoms with van der Waals surface area (Å²) < 4.78 is 1.80. The first kappa shape index (κ1) is 21.4. The van der Waals surface area contributed by atoms with E-state index in [4.69, 9.17) is 23.1 Å². The summed E-state index contributed by atoms with van der Waals surface area (Å²) in [6.45, 7) is 2.86. The molecular formula is C24H27ClN8O. The van der Waals surface area contributed by atoms with Crippen LogP contribution >= 0.6 is 11.6 Å². The molecule has 1 aromatic carbocycles. The molecule has 2 aromatic heterocycles. The zero-order chi connectivity index (χ0) is 23.4. The van der Waals surface area contributed by atoms with Crippen LogP contribution in [0.2, 0.25) is 5.15 Å². The second kappa shape index (κ2) is 7.95. The number of amides is 1. The first-order valence-electron chi connectivity index (χ1n) is 11.7. The van der Waals surface area contributed by atoms with E-state index in [1.807, 2.05) is 6.07 Å². The molecule has 1 unspecified atom stereocenters. The second-order valence-electron chi connectivity index (χ2n) is 9.50. The standard InChI is InChI=1S/C24H27ClN8O/c25-20-22(31-12-7-24(8-13-31)14-15-4-1-2-5-16(15)19(24)26)30-21(27)18(29-20)23(34)32-10-3-11-33-17(32)6-9-28-33/h1-2,4-6,9,19H,3,7-8,10-14,26H2,(H2,27,30). The molecule has 1 spiro atoms. The van der Waals surface area contributed by atoms with Gasteiger partial charge in [-0.3, -0.25) is 9.69 Å². The number of hydrogen-bond donors (Lipinski definition) is 2. The van der Waals surface area contributed by atoms with Crippen LogP contribution in [0.4, 0.5) is 17.5 Å². The number of nitrogen functional groups attached to an aromatic ring is 1. The zero-order valence-electron chi connectivity index (χ0n) is 18.8. The van der Waals surface area contributed by atoms with E-state index in [1.165, 1.54) is 11.1 Å². The van der Waals surface area contributed by atoms with Crippen LogP contribution < -0.4 is 21.3 Å². The number of aromatic nitrogens is 4. The highest BCUT2D eigenvalue weighted by molar-refractivity contribution is 6.32. The molecule has 4 heterocycles. The van der Waals surface area contributed by atoms with Gasteiger partial charge in [0, 0.05) is 38.3 Å². The summed E-state index contributed by atoms with van der Waals surface area (Å²) >= 11 is 6.57. The van der Waals surface area contributed by atoms with Gasteiger partial charge >= 0.3 is 0 Å². The van der Waals surface area contributed by atoms with E-state index in [1.54, 1.807) is 15.8 Å². The Kier molecular flexibility index (Phi) is 5.00. The van der Waals surface area contributed by atoms with Crippen LogP contribution in [0.15, 0.2) is 36.5 Å². The molecule has 3 aliphatic rings. The van der Waals surface area contributed by atoms with Gasteiger partial charge in [-0.15, -0.1) is 0 Å². The summed E-state index contributed by atoms with van der Waals surface area (Å²) in [5.74, 6) is 1.03. The number of carbonyl (C=O) groups is 1. The maximum atomic E-state index is 13.3.